The fourth-order valence-corrected chi connectivity index (χ4v) is 3.84. The van der Waals surface area contributed by atoms with Gasteiger partial charge in [0.05, 0.1) is 12.7 Å². The second kappa shape index (κ2) is 9.79. The van der Waals surface area contributed by atoms with Crippen LogP contribution in [0.15, 0.2) is 97.3 Å². The van der Waals surface area contributed by atoms with Crippen molar-refractivity contribution >= 4 is 27.9 Å². The molecule has 2 heterocycles. The van der Waals surface area contributed by atoms with E-state index in [0.717, 1.165) is 5.56 Å². The topological polar surface area (TPSA) is 105 Å². The minimum Gasteiger partial charge on any atom is -0.493 e. The maximum atomic E-state index is 12.8. The maximum Gasteiger partial charge on any atom is 0.344 e. The number of carbonyl (C=O) groups excluding carboxylic acids is 1. The van der Waals surface area contributed by atoms with Crippen molar-refractivity contribution in [1.82, 2.24) is 0 Å². The molecule has 5 aromatic rings. The molecule has 8 heteroatoms. The number of benzene rings is 3. The molecule has 0 amide bonds. The molecule has 3 aromatic carbocycles. The summed E-state index contributed by atoms with van der Waals surface area (Å²) in [5.41, 5.74) is 0.652. The third-order valence-electron chi connectivity index (χ3n) is 5.55. The number of methoxy groups -OCH3 is 1. The molecule has 2 aromatic heterocycles. The minimum atomic E-state index is -0.651. The number of fused-ring (bicyclic) bond motifs is 2. The van der Waals surface area contributed by atoms with Crippen LogP contribution in [0.4, 0.5) is 0 Å². The molecule has 0 aliphatic carbocycles. The van der Waals surface area contributed by atoms with Gasteiger partial charge in [-0.2, -0.15) is 0 Å². The van der Waals surface area contributed by atoms with E-state index < -0.39 is 17.2 Å². The van der Waals surface area contributed by atoms with Gasteiger partial charge in [0.2, 0.25) is 0 Å². The van der Waals surface area contributed by atoms with Crippen LogP contribution in [0.1, 0.15) is 5.56 Å². The highest BCUT2D eigenvalue weighted by Gasteiger charge is 2.16. The van der Waals surface area contributed by atoms with E-state index in [4.69, 9.17) is 23.0 Å². The molecule has 8 nitrogen and oxygen atoms in total. The van der Waals surface area contributed by atoms with E-state index in [9.17, 15) is 14.4 Å². The Balaban J connectivity index is 1.41. The van der Waals surface area contributed by atoms with Crippen LogP contribution in [-0.2, 0) is 16.1 Å². The van der Waals surface area contributed by atoms with E-state index in [2.05, 4.69) is 0 Å². The highest BCUT2D eigenvalue weighted by atomic mass is 16.6. The fraction of sp³-hybridized carbons (Fsp3) is 0.107. The number of esters is 1. The van der Waals surface area contributed by atoms with Crippen molar-refractivity contribution in [2.75, 3.05) is 13.7 Å². The monoisotopic (exact) mass is 484 g/mol. The van der Waals surface area contributed by atoms with Gasteiger partial charge >= 0.3 is 17.2 Å². The molecule has 0 bridgehead atoms. The van der Waals surface area contributed by atoms with Crippen LogP contribution in [0, 0.1) is 0 Å². The SMILES string of the molecule is COc1cccc2cc(-c3cc(=O)oc4cc(OCC(=O)OCc5ccccc5)ccc34)c(=O)oc12. The molecular formula is C28H20O8. The second-order valence-electron chi connectivity index (χ2n) is 7.90. The second-order valence-corrected chi connectivity index (χ2v) is 7.90. The molecule has 0 unspecified atom stereocenters. The van der Waals surface area contributed by atoms with Crippen molar-refractivity contribution in [3.8, 4) is 22.6 Å². The Labute approximate surface area is 204 Å². The summed E-state index contributed by atoms with van der Waals surface area (Å²) in [6, 6.07) is 22.2. The number of hydrogen-bond donors (Lipinski definition) is 0. The lowest BCUT2D eigenvalue weighted by Gasteiger charge is -2.10. The van der Waals surface area contributed by atoms with Crippen molar-refractivity contribution in [2.45, 2.75) is 6.61 Å². The Morgan fingerprint density at radius 2 is 1.69 bits per heavy atom. The van der Waals surface area contributed by atoms with E-state index in [1.54, 1.807) is 36.4 Å². The van der Waals surface area contributed by atoms with Crippen LogP contribution in [0.3, 0.4) is 0 Å². The summed E-state index contributed by atoms with van der Waals surface area (Å²) in [7, 11) is 1.49. The van der Waals surface area contributed by atoms with Crippen molar-refractivity contribution in [2.24, 2.45) is 0 Å². The number of hydrogen-bond acceptors (Lipinski definition) is 8. The van der Waals surface area contributed by atoms with Crippen LogP contribution in [-0.4, -0.2) is 19.7 Å². The Morgan fingerprint density at radius 3 is 2.50 bits per heavy atom. The van der Waals surface area contributed by atoms with Crippen molar-refractivity contribution in [3.05, 3.63) is 105 Å². The lowest BCUT2D eigenvalue weighted by atomic mass is 10.0. The smallest absolute Gasteiger partial charge is 0.344 e. The molecule has 5 rings (SSSR count). The van der Waals surface area contributed by atoms with Gasteiger partial charge in [-0.25, -0.2) is 14.4 Å². The van der Waals surface area contributed by atoms with Crippen LogP contribution in [0.5, 0.6) is 11.5 Å². The lowest BCUT2D eigenvalue weighted by molar-refractivity contribution is -0.147. The molecule has 0 fully saturated rings. The van der Waals surface area contributed by atoms with Crippen molar-refractivity contribution in [3.63, 3.8) is 0 Å². The first-order valence-electron chi connectivity index (χ1n) is 11.0. The summed E-state index contributed by atoms with van der Waals surface area (Å²) >= 11 is 0. The first kappa shape index (κ1) is 22.9. The van der Waals surface area contributed by atoms with Crippen molar-refractivity contribution < 1.29 is 27.8 Å². The fourth-order valence-electron chi connectivity index (χ4n) is 3.84. The average molecular weight is 484 g/mol. The number of ether oxygens (including phenoxy) is 3. The molecule has 36 heavy (non-hydrogen) atoms. The number of para-hydroxylation sites is 1. The zero-order chi connectivity index (χ0) is 25.1. The predicted octanol–water partition coefficient (Wildman–Crippen LogP) is 4.70. The maximum absolute atomic E-state index is 12.8. The third-order valence-corrected chi connectivity index (χ3v) is 5.55. The van der Waals surface area contributed by atoms with E-state index in [0.29, 0.717) is 33.4 Å². The first-order valence-corrected chi connectivity index (χ1v) is 11.0. The standard InChI is InChI=1S/C28H20O8/c1-32-23-9-5-8-18-12-22(28(31)36-27(18)23)21-14-25(29)35-24-13-19(10-11-20(21)24)33-16-26(30)34-15-17-6-3-2-4-7-17/h2-14H,15-16H2,1H3. The molecule has 0 radical (unpaired) electrons. The van der Waals surface area contributed by atoms with Crippen LogP contribution in [0.2, 0.25) is 0 Å². The third kappa shape index (κ3) is 4.69. The predicted molar refractivity (Wildman–Crippen MR) is 132 cm³/mol. The van der Waals surface area contributed by atoms with Gasteiger partial charge in [-0.15, -0.1) is 0 Å². The highest BCUT2D eigenvalue weighted by Crippen LogP contribution is 2.31. The van der Waals surface area contributed by atoms with Gasteiger partial charge in [-0.1, -0.05) is 42.5 Å². The molecule has 0 aliphatic rings. The Bertz CT molecular complexity index is 1680. The summed E-state index contributed by atoms with van der Waals surface area (Å²) in [6.45, 7) is -0.183. The Kier molecular flexibility index (Phi) is 6.23. The zero-order valence-corrected chi connectivity index (χ0v) is 19.2. The molecule has 0 saturated heterocycles. The van der Waals surface area contributed by atoms with Crippen molar-refractivity contribution in [1.29, 1.82) is 0 Å². The van der Waals surface area contributed by atoms with Gasteiger partial charge in [-0.05, 0) is 29.8 Å². The van der Waals surface area contributed by atoms with Crippen LogP contribution in [0.25, 0.3) is 33.1 Å². The minimum absolute atomic E-state index is 0.138. The summed E-state index contributed by atoms with van der Waals surface area (Å²) in [5, 5.41) is 1.14. The van der Waals surface area contributed by atoms with Gasteiger partial charge < -0.3 is 23.0 Å². The highest BCUT2D eigenvalue weighted by molar-refractivity contribution is 5.96. The van der Waals surface area contributed by atoms with Crippen LogP contribution < -0.4 is 20.7 Å². The van der Waals surface area contributed by atoms with Gasteiger partial charge in [0.15, 0.2) is 17.9 Å². The van der Waals surface area contributed by atoms with E-state index >= 15 is 0 Å². The number of rotatable bonds is 7. The Hall–Kier alpha value is -4.85. The largest absolute Gasteiger partial charge is 0.493 e. The average Bonchev–Trinajstić information content (AvgIpc) is 2.90. The summed E-state index contributed by atoms with van der Waals surface area (Å²) in [4.78, 5) is 37.2. The molecule has 0 aliphatic heterocycles. The van der Waals surface area contributed by atoms with Gasteiger partial charge in [0.1, 0.15) is 17.9 Å². The number of carbonyl (C=O) groups is 1. The van der Waals surface area contributed by atoms with E-state index in [1.165, 1.54) is 19.2 Å². The van der Waals surface area contributed by atoms with Gasteiger partial charge in [-0.3, -0.25) is 0 Å². The molecule has 180 valence electrons. The summed E-state index contributed by atoms with van der Waals surface area (Å²) in [6.07, 6.45) is 0. The first-order chi connectivity index (χ1) is 17.5. The van der Waals surface area contributed by atoms with Gasteiger partial charge in [0, 0.05) is 28.5 Å². The molecule has 0 N–H and O–H groups in total. The van der Waals surface area contributed by atoms with Gasteiger partial charge in [0.25, 0.3) is 0 Å². The molecule has 0 saturated carbocycles. The summed E-state index contributed by atoms with van der Waals surface area (Å²) in [5.74, 6) is 0.186. The molecule has 0 spiro atoms. The molecular weight excluding hydrogens is 464 g/mol. The van der Waals surface area contributed by atoms with E-state index in [1.807, 2.05) is 30.3 Å². The Morgan fingerprint density at radius 1 is 0.861 bits per heavy atom. The quantitative estimate of drug-likeness (QED) is 0.242. The normalized spacial score (nSPS) is 10.9. The molecule has 0 atom stereocenters. The van der Waals surface area contributed by atoms with Crippen LogP contribution >= 0.6 is 0 Å². The summed E-state index contributed by atoms with van der Waals surface area (Å²) < 4.78 is 26.8. The van der Waals surface area contributed by atoms with E-state index in [-0.39, 0.29) is 24.4 Å². The lowest BCUT2D eigenvalue weighted by Crippen LogP contribution is -2.14. The zero-order valence-electron chi connectivity index (χ0n) is 19.2.